The summed E-state index contributed by atoms with van der Waals surface area (Å²) in [5.74, 6) is -0.532. The molecule has 76 valence electrons. The lowest BCUT2D eigenvalue weighted by Gasteiger charge is -2.04. The van der Waals surface area contributed by atoms with E-state index in [1.807, 2.05) is 0 Å². The predicted molar refractivity (Wildman–Crippen MR) is 54.6 cm³/mol. The van der Waals surface area contributed by atoms with Gasteiger partial charge in [0.05, 0.1) is 6.34 Å². The fraction of sp³-hybridized carbons (Fsp3) is 0.444. The highest BCUT2D eigenvalue weighted by Gasteiger charge is 2.06. The first-order valence-corrected chi connectivity index (χ1v) is 4.00. The number of rotatable bonds is 3. The Labute approximate surface area is 83.9 Å². The van der Waals surface area contributed by atoms with Crippen LogP contribution < -0.4 is 0 Å². The van der Waals surface area contributed by atoms with Crippen LogP contribution in [0.3, 0.4) is 0 Å². The minimum absolute atomic E-state index is 0.0214. The Balaban J connectivity index is 4.59. The van der Waals surface area contributed by atoms with Crippen LogP contribution in [0.4, 0.5) is 0 Å². The Morgan fingerprint density at radius 1 is 1.29 bits per heavy atom. The molecule has 1 amide bonds. The summed E-state index contributed by atoms with van der Waals surface area (Å²) in [5, 5.41) is 8.66. The van der Waals surface area contributed by atoms with Crippen LogP contribution in [0.25, 0.3) is 0 Å². The molecule has 0 radical (unpaired) electrons. The van der Waals surface area contributed by atoms with Crippen molar-refractivity contribution in [1.29, 1.82) is 5.26 Å². The molecule has 5 nitrogen and oxygen atoms in total. The van der Waals surface area contributed by atoms with E-state index in [4.69, 9.17) is 5.26 Å². The number of aliphatic imine (C=N–C) groups is 1. The molecule has 0 rings (SSSR count). The van der Waals surface area contributed by atoms with Crippen LogP contribution in [0.5, 0.6) is 0 Å². The van der Waals surface area contributed by atoms with Crippen molar-refractivity contribution in [3.8, 4) is 6.07 Å². The summed E-state index contributed by atoms with van der Waals surface area (Å²) in [5.41, 5.74) is 0.0214. The van der Waals surface area contributed by atoms with Crippen LogP contribution in [0.15, 0.2) is 16.8 Å². The molecule has 0 bridgehead atoms. The molecule has 0 N–H and O–H groups in total. The maximum atomic E-state index is 11.3. The maximum absolute atomic E-state index is 11.3. The van der Waals surface area contributed by atoms with Gasteiger partial charge in [0.2, 0.25) is 0 Å². The van der Waals surface area contributed by atoms with Crippen LogP contribution in [0, 0.1) is 11.3 Å². The molecule has 14 heavy (non-hydrogen) atoms. The average molecular weight is 194 g/mol. The molecule has 0 aliphatic rings. The molecule has 0 aromatic heterocycles. The van der Waals surface area contributed by atoms with Crippen molar-refractivity contribution >= 4 is 12.2 Å². The quantitative estimate of drug-likeness (QED) is 0.276. The van der Waals surface area contributed by atoms with E-state index >= 15 is 0 Å². The Morgan fingerprint density at radius 2 is 1.86 bits per heavy atom. The number of hydrogen-bond acceptors (Lipinski definition) is 3. The van der Waals surface area contributed by atoms with Crippen LogP contribution >= 0.6 is 0 Å². The van der Waals surface area contributed by atoms with Gasteiger partial charge in [0.15, 0.2) is 0 Å². The zero-order chi connectivity index (χ0) is 11.1. The van der Waals surface area contributed by atoms with Gasteiger partial charge in [-0.1, -0.05) is 0 Å². The van der Waals surface area contributed by atoms with Gasteiger partial charge in [0, 0.05) is 34.4 Å². The monoisotopic (exact) mass is 194 g/mol. The van der Waals surface area contributed by atoms with E-state index in [0.717, 1.165) is 0 Å². The lowest BCUT2D eigenvalue weighted by Crippen LogP contribution is -2.11. The molecule has 0 aromatic carbocycles. The Hall–Kier alpha value is -1.83. The third-order valence-electron chi connectivity index (χ3n) is 1.14. The van der Waals surface area contributed by atoms with Gasteiger partial charge in [-0.05, 0) is 0 Å². The number of hydrogen-bond donors (Lipinski definition) is 0. The van der Waals surface area contributed by atoms with Crippen molar-refractivity contribution in [2.75, 3.05) is 28.2 Å². The summed E-state index contributed by atoms with van der Waals surface area (Å²) in [6.07, 6.45) is 2.80. The van der Waals surface area contributed by atoms with E-state index in [1.54, 1.807) is 44.1 Å². The van der Waals surface area contributed by atoms with E-state index in [0.29, 0.717) is 0 Å². The van der Waals surface area contributed by atoms with Crippen LogP contribution in [-0.4, -0.2) is 50.2 Å². The van der Waals surface area contributed by atoms with Gasteiger partial charge in [0.1, 0.15) is 11.6 Å². The van der Waals surface area contributed by atoms with Gasteiger partial charge >= 0.3 is 0 Å². The fourth-order valence-electron chi connectivity index (χ4n) is 0.628. The second kappa shape index (κ2) is 5.75. The van der Waals surface area contributed by atoms with Crippen molar-refractivity contribution in [2.24, 2.45) is 4.99 Å². The first-order chi connectivity index (χ1) is 6.47. The molecule has 0 unspecified atom stereocenters. The van der Waals surface area contributed by atoms with Crippen molar-refractivity contribution in [3.05, 3.63) is 11.8 Å². The molecule has 5 heteroatoms. The number of amides is 1. The number of carbonyl (C=O) groups excluding carboxylic acids is 1. The van der Waals surface area contributed by atoms with Crippen LogP contribution in [0.1, 0.15) is 0 Å². The molecule has 0 aromatic rings. The van der Waals surface area contributed by atoms with Crippen molar-refractivity contribution in [2.45, 2.75) is 0 Å². The third kappa shape index (κ3) is 4.93. The van der Waals surface area contributed by atoms with E-state index in [9.17, 15) is 4.79 Å². The minimum Gasteiger partial charge on any atom is -0.382 e. The molecule has 0 aliphatic carbocycles. The van der Waals surface area contributed by atoms with Gasteiger partial charge in [-0.2, -0.15) is 10.3 Å². The third-order valence-corrected chi connectivity index (χ3v) is 1.14. The zero-order valence-electron chi connectivity index (χ0n) is 8.85. The number of nitriles is 1. The lowest BCUT2D eigenvalue weighted by atomic mass is 10.3. The van der Waals surface area contributed by atoms with Crippen molar-refractivity contribution in [3.63, 3.8) is 0 Å². The first kappa shape index (κ1) is 12.2. The van der Waals surface area contributed by atoms with Gasteiger partial charge in [-0.25, -0.2) is 0 Å². The molecule has 0 atom stereocenters. The zero-order valence-corrected chi connectivity index (χ0v) is 8.85. The summed E-state index contributed by atoms with van der Waals surface area (Å²) in [4.78, 5) is 18.1. The largest absolute Gasteiger partial charge is 0.382 e. The number of nitrogens with zero attached hydrogens (tertiary/aromatic N) is 4. The van der Waals surface area contributed by atoms with Crippen molar-refractivity contribution in [1.82, 2.24) is 9.80 Å². The highest BCUT2D eigenvalue weighted by atomic mass is 16.1. The smallest absolute Gasteiger partial charge is 0.290 e. The molecule has 0 heterocycles. The minimum atomic E-state index is -0.532. The van der Waals surface area contributed by atoms with Gasteiger partial charge in [-0.3, -0.25) is 4.79 Å². The predicted octanol–water partition coefficient (Wildman–Crippen LogP) is 0.0720. The Bertz CT molecular complexity index is 296. The van der Waals surface area contributed by atoms with E-state index in [-0.39, 0.29) is 5.57 Å². The number of carbonyl (C=O) groups is 1. The topological polar surface area (TPSA) is 59.7 Å². The fourth-order valence-corrected chi connectivity index (χ4v) is 0.628. The van der Waals surface area contributed by atoms with Crippen molar-refractivity contribution < 1.29 is 4.79 Å². The molecule has 0 fully saturated rings. The van der Waals surface area contributed by atoms with E-state index < -0.39 is 5.91 Å². The van der Waals surface area contributed by atoms with Gasteiger partial charge in [0.25, 0.3) is 5.91 Å². The van der Waals surface area contributed by atoms with Gasteiger partial charge < -0.3 is 9.80 Å². The van der Waals surface area contributed by atoms with E-state index in [1.165, 1.54) is 12.5 Å². The SMILES string of the molecule is CN(C)C=NC(=O)/C(C#N)=C\N(C)C. The molecule has 0 saturated heterocycles. The molecule has 0 spiro atoms. The summed E-state index contributed by atoms with van der Waals surface area (Å²) >= 11 is 0. The van der Waals surface area contributed by atoms with Gasteiger partial charge in [-0.15, -0.1) is 0 Å². The summed E-state index contributed by atoms with van der Waals surface area (Å²) in [6.45, 7) is 0. The lowest BCUT2D eigenvalue weighted by molar-refractivity contribution is -0.114. The average Bonchev–Trinajstić information content (AvgIpc) is 2.09. The normalized spacial score (nSPS) is 11.2. The van der Waals surface area contributed by atoms with Crippen LogP contribution in [0.2, 0.25) is 0 Å². The maximum Gasteiger partial charge on any atom is 0.290 e. The second-order valence-corrected chi connectivity index (χ2v) is 3.13. The molecular formula is C9H14N4O. The van der Waals surface area contributed by atoms with E-state index in [2.05, 4.69) is 4.99 Å². The standard InChI is InChI=1S/C9H14N4O/c1-12(2)6-8(5-10)9(14)11-7-13(3)4/h6-7H,1-4H3/b8-6-,11-7?. The highest BCUT2D eigenvalue weighted by Crippen LogP contribution is 1.96. The highest BCUT2D eigenvalue weighted by molar-refractivity contribution is 6.01. The summed E-state index contributed by atoms with van der Waals surface area (Å²) in [7, 11) is 6.97. The second-order valence-electron chi connectivity index (χ2n) is 3.13. The summed E-state index contributed by atoms with van der Waals surface area (Å²) in [6, 6.07) is 1.79. The molecule has 0 saturated carbocycles. The molecular weight excluding hydrogens is 180 g/mol. The Kier molecular flexibility index (Phi) is 5.00. The van der Waals surface area contributed by atoms with Crippen LogP contribution in [-0.2, 0) is 4.79 Å². The molecule has 0 aliphatic heterocycles. The summed E-state index contributed by atoms with van der Waals surface area (Å²) < 4.78 is 0. The Morgan fingerprint density at radius 3 is 2.21 bits per heavy atom. The first-order valence-electron chi connectivity index (χ1n) is 4.00.